The zero-order valence-electron chi connectivity index (χ0n) is 7.40. The summed E-state index contributed by atoms with van der Waals surface area (Å²) >= 11 is 1.43. The van der Waals surface area contributed by atoms with E-state index < -0.39 is 6.10 Å². The predicted molar refractivity (Wildman–Crippen MR) is 50.5 cm³/mol. The van der Waals surface area contributed by atoms with Gasteiger partial charge in [0.1, 0.15) is 0 Å². The Hall–Kier alpha value is -0.870. The fraction of sp³-hybridized carbons (Fsp3) is 0.444. The van der Waals surface area contributed by atoms with Crippen LogP contribution in [0.25, 0.3) is 0 Å². The molecule has 0 amide bonds. The summed E-state index contributed by atoms with van der Waals surface area (Å²) in [6.07, 6.45) is -0.687. The summed E-state index contributed by atoms with van der Waals surface area (Å²) < 4.78 is 4.72. The highest BCUT2D eigenvalue weighted by molar-refractivity contribution is 7.10. The van der Waals surface area contributed by atoms with E-state index in [4.69, 9.17) is 4.74 Å². The molecule has 0 aliphatic rings. The first kappa shape index (κ1) is 10.2. The van der Waals surface area contributed by atoms with Crippen LogP contribution in [0, 0.1) is 0 Å². The minimum Gasteiger partial charge on any atom is -0.466 e. The van der Waals surface area contributed by atoms with E-state index >= 15 is 0 Å². The third-order valence-corrected chi connectivity index (χ3v) is 2.51. The van der Waals surface area contributed by atoms with Crippen LogP contribution in [0.4, 0.5) is 0 Å². The minimum atomic E-state index is -0.723. The highest BCUT2D eigenvalue weighted by atomic mass is 32.1. The molecule has 13 heavy (non-hydrogen) atoms. The molecule has 0 saturated heterocycles. The molecule has 1 heterocycles. The SMILES string of the molecule is CCOC(=O)C[C@H](O)c1cccs1. The van der Waals surface area contributed by atoms with Crippen LogP contribution in [0.3, 0.4) is 0 Å². The van der Waals surface area contributed by atoms with Crippen LogP contribution in [-0.4, -0.2) is 17.7 Å². The fourth-order valence-electron chi connectivity index (χ4n) is 0.959. The van der Waals surface area contributed by atoms with Crippen LogP contribution >= 0.6 is 11.3 Å². The van der Waals surface area contributed by atoms with Gasteiger partial charge >= 0.3 is 5.97 Å². The number of esters is 1. The highest BCUT2D eigenvalue weighted by Crippen LogP contribution is 2.21. The van der Waals surface area contributed by atoms with Crippen LogP contribution < -0.4 is 0 Å². The summed E-state index contributed by atoms with van der Waals surface area (Å²) in [5, 5.41) is 11.4. The van der Waals surface area contributed by atoms with E-state index in [2.05, 4.69) is 0 Å². The van der Waals surface area contributed by atoms with E-state index in [-0.39, 0.29) is 12.4 Å². The second-order valence-electron chi connectivity index (χ2n) is 2.54. The standard InChI is InChI=1S/C9H12O3S/c1-2-12-9(11)6-7(10)8-4-3-5-13-8/h3-5,7,10H,2,6H2,1H3/t7-/m0/s1. The van der Waals surface area contributed by atoms with E-state index in [1.165, 1.54) is 11.3 Å². The van der Waals surface area contributed by atoms with E-state index in [0.717, 1.165) is 4.88 Å². The van der Waals surface area contributed by atoms with Gasteiger partial charge in [-0.25, -0.2) is 0 Å². The Morgan fingerprint density at radius 1 is 1.77 bits per heavy atom. The zero-order valence-corrected chi connectivity index (χ0v) is 8.21. The third kappa shape index (κ3) is 3.16. The van der Waals surface area contributed by atoms with Gasteiger partial charge in [0.05, 0.1) is 19.1 Å². The maximum absolute atomic E-state index is 11.0. The summed E-state index contributed by atoms with van der Waals surface area (Å²) in [5.74, 6) is -0.358. The number of thiophene rings is 1. The Kier molecular flexibility index (Phi) is 3.92. The molecule has 1 aromatic heterocycles. The fourth-order valence-corrected chi connectivity index (χ4v) is 1.67. The van der Waals surface area contributed by atoms with Gasteiger partial charge in [0, 0.05) is 4.88 Å². The second kappa shape index (κ2) is 4.99. The monoisotopic (exact) mass is 200 g/mol. The van der Waals surface area contributed by atoms with Gasteiger partial charge in [-0.2, -0.15) is 0 Å². The molecule has 1 aromatic rings. The molecule has 1 atom stereocenters. The van der Waals surface area contributed by atoms with Gasteiger partial charge in [-0.1, -0.05) is 6.07 Å². The molecular formula is C9H12O3S. The van der Waals surface area contributed by atoms with Crippen molar-refractivity contribution in [3.63, 3.8) is 0 Å². The summed E-state index contributed by atoms with van der Waals surface area (Å²) in [4.78, 5) is 11.8. The molecule has 4 heteroatoms. The average Bonchev–Trinajstić information content (AvgIpc) is 2.55. The smallest absolute Gasteiger partial charge is 0.308 e. The van der Waals surface area contributed by atoms with Gasteiger partial charge in [-0.15, -0.1) is 11.3 Å². The Morgan fingerprint density at radius 2 is 2.54 bits per heavy atom. The number of aliphatic hydroxyl groups is 1. The maximum Gasteiger partial charge on any atom is 0.308 e. The van der Waals surface area contributed by atoms with Crippen molar-refractivity contribution in [3.05, 3.63) is 22.4 Å². The molecule has 0 spiro atoms. The summed E-state index contributed by atoms with van der Waals surface area (Å²) in [5.41, 5.74) is 0. The molecule has 3 nitrogen and oxygen atoms in total. The Labute approximate surface area is 81.0 Å². The molecule has 1 N–H and O–H groups in total. The number of hydrogen-bond acceptors (Lipinski definition) is 4. The first-order chi connectivity index (χ1) is 6.24. The normalized spacial score (nSPS) is 12.5. The quantitative estimate of drug-likeness (QED) is 0.753. The van der Waals surface area contributed by atoms with Crippen molar-refractivity contribution in [2.24, 2.45) is 0 Å². The maximum atomic E-state index is 11.0. The van der Waals surface area contributed by atoms with Crippen molar-refractivity contribution in [3.8, 4) is 0 Å². The predicted octanol–water partition coefficient (Wildman–Crippen LogP) is 1.73. The zero-order chi connectivity index (χ0) is 9.68. The number of rotatable bonds is 4. The minimum absolute atomic E-state index is 0.0361. The molecule has 0 aliphatic heterocycles. The van der Waals surface area contributed by atoms with Gasteiger partial charge in [-0.3, -0.25) is 4.79 Å². The lowest BCUT2D eigenvalue weighted by atomic mass is 10.2. The number of carbonyl (C=O) groups is 1. The first-order valence-corrected chi connectivity index (χ1v) is 4.99. The van der Waals surface area contributed by atoms with Gasteiger partial charge in [0.25, 0.3) is 0 Å². The van der Waals surface area contributed by atoms with Crippen LogP contribution in [0.15, 0.2) is 17.5 Å². The lowest BCUT2D eigenvalue weighted by Gasteiger charge is -2.06. The van der Waals surface area contributed by atoms with Gasteiger partial charge in [-0.05, 0) is 18.4 Å². The van der Waals surface area contributed by atoms with Gasteiger partial charge in [0.2, 0.25) is 0 Å². The summed E-state index contributed by atoms with van der Waals surface area (Å²) in [6, 6.07) is 3.64. The Morgan fingerprint density at radius 3 is 3.08 bits per heavy atom. The number of ether oxygens (including phenoxy) is 1. The molecule has 72 valence electrons. The van der Waals surface area contributed by atoms with E-state index in [1.807, 2.05) is 11.4 Å². The van der Waals surface area contributed by atoms with Gasteiger partial charge in [0.15, 0.2) is 0 Å². The second-order valence-corrected chi connectivity index (χ2v) is 3.52. The third-order valence-electron chi connectivity index (χ3n) is 1.54. The van der Waals surface area contributed by atoms with Crippen LogP contribution in [0.2, 0.25) is 0 Å². The van der Waals surface area contributed by atoms with Crippen molar-refractivity contribution in [2.75, 3.05) is 6.61 Å². The molecule has 0 radical (unpaired) electrons. The van der Waals surface area contributed by atoms with Crippen molar-refractivity contribution in [1.82, 2.24) is 0 Å². The molecule has 0 fully saturated rings. The molecule has 0 aromatic carbocycles. The van der Waals surface area contributed by atoms with E-state index in [9.17, 15) is 9.90 Å². The van der Waals surface area contributed by atoms with Crippen molar-refractivity contribution in [1.29, 1.82) is 0 Å². The molecule has 0 unspecified atom stereocenters. The van der Waals surface area contributed by atoms with Crippen LogP contribution in [0.5, 0.6) is 0 Å². The van der Waals surface area contributed by atoms with Gasteiger partial charge < -0.3 is 9.84 Å². The van der Waals surface area contributed by atoms with E-state index in [1.54, 1.807) is 13.0 Å². The van der Waals surface area contributed by atoms with Crippen LogP contribution in [-0.2, 0) is 9.53 Å². The summed E-state index contributed by atoms with van der Waals surface area (Å²) in [7, 11) is 0. The molecular weight excluding hydrogens is 188 g/mol. The van der Waals surface area contributed by atoms with Crippen LogP contribution in [0.1, 0.15) is 24.3 Å². The first-order valence-electron chi connectivity index (χ1n) is 4.11. The Balaban J connectivity index is 2.42. The van der Waals surface area contributed by atoms with E-state index in [0.29, 0.717) is 6.61 Å². The molecule has 0 bridgehead atoms. The Bertz CT molecular complexity index is 256. The average molecular weight is 200 g/mol. The molecule has 1 rings (SSSR count). The van der Waals surface area contributed by atoms with Crippen molar-refractivity contribution in [2.45, 2.75) is 19.4 Å². The topological polar surface area (TPSA) is 46.5 Å². The lowest BCUT2D eigenvalue weighted by Crippen LogP contribution is -2.08. The molecule has 0 saturated carbocycles. The molecule has 0 aliphatic carbocycles. The summed E-state index contributed by atoms with van der Waals surface area (Å²) in [6.45, 7) is 2.10. The van der Waals surface area contributed by atoms with Crippen molar-refractivity contribution >= 4 is 17.3 Å². The highest BCUT2D eigenvalue weighted by Gasteiger charge is 2.13. The number of hydrogen-bond donors (Lipinski definition) is 1. The lowest BCUT2D eigenvalue weighted by molar-refractivity contribution is -0.145. The van der Waals surface area contributed by atoms with Crippen molar-refractivity contribution < 1.29 is 14.6 Å². The number of aliphatic hydroxyl groups excluding tert-OH is 1. The number of carbonyl (C=O) groups excluding carboxylic acids is 1. The largest absolute Gasteiger partial charge is 0.466 e.